The molecule has 3 aromatic rings. The lowest BCUT2D eigenvalue weighted by molar-refractivity contribution is -0.117. The van der Waals surface area contributed by atoms with Crippen LogP contribution in [0.4, 0.5) is 5.69 Å². The number of anilines is 1. The molecule has 142 valence electrons. The van der Waals surface area contributed by atoms with E-state index < -0.39 is 0 Å². The number of amides is 1. The van der Waals surface area contributed by atoms with Gasteiger partial charge in [-0.15, -0.1) is 11.3 Å². The minimum absolute atomic E-state index is 0.00527. The standard InChI is InChI=1S/C22H26N2O2S/c1-16(2)20-10-4-7-17(3)22(20)23-21(25)15-24(13-18-8-5-11-26-18)14-19-9-6-12-27-19/h4-12,16H,13-15H2,1-3H3,(H,23,25). The summed E-state index contributed by atoms with van der Waals surface area (Å²) in [7, 11) is 0. The molecule has 0 aliphatic carbocycles. The Balaban J connectivity index is 1.72. The van der Waals surface area contributed by atoms with Crippen molar-refractivity contribution in [2.45, 2.75) is 39.8 Å². The maximum Gasteiger partial charge on any atom is 0.238 e. The number of furan rings is 1. The second-order valence-electron chi connectivity index (χ2n) is 7.05. The van der Waals surface area contributed by atoms with Crippen LogP contribution in [0.3, 0.4) is 0 Å². The normalized spacial score (nSPS) is 11.3. The molecule has 0 aliphatic rings. The largest absolute Gasteiger partial charge is 0.468 e. The van der Waals surface area contributed by atoms with E-state index in [0.717, 1.165) is 23.6 Å². The van der Waals surface area contributed by atoms with Crippen LogP contribution in [0.2, 0.25) is 0 Å². The quantitative estimate of drug-likeness (QED) is 0.566. The van der Waals surface area contributed by atoms with Crippen molar-refractivity contribution in [3.05, 3.63) is 75.9 Å². The first-order valence-electron chi connectivity index (χ1n) is 9.19. The van der Waals surface area contributed by atoms with E-state index in [9.17, 15) is 4.79 Å². The number of rotatable bonds is 8. The zero-order chi connectivity index (χ0) is 19.2. The van der Waals surface area contributed by atoms with Gasteiger partial charge < -0.3 is 9.73 Å². The second-order valence-corrected chi connectivity index (χ2v) is 8.08. The van der Waals surface area contributed by atoms with Crippen LogP contribution < -0.4 is 5.32 Å². The third-order valence-corrected chi connectivity index (χ3v) is 5.34. The van der Waals surface area contributed by atoms with Gasteiger partial charge in [-0.05, 0) is 47.5 Å². The summed E-state index contributed by atoms with van der Waals surface area (Å²) in [5.41, 5.74) is 3.19. The van der Waals surface area contributed by atoms with E-state index in [0.29, 0.717) is 19.0 Å². The van der Waals surface area contributed by atoms with Crippen LogP contribution in [0.5, 0.6) is 0 Å². The van der Waals surface area contributed by atoms with Crippen molar-refractivity contribution in [3.8, 4) is 0 Å². The van der Waals surface area contributed by atoms with E-state index in [1.165, 1.54) is 10.4 Å². The summed E-state index contributed by atoms with van der Waals surface area (Å²) >= 11 is 1.70. The SMILES string of the molecule is Cc1cccc(C(C)C)c1NC(=O)CN(Cc1ccco1)Cc1cccs1. The van der Waals surface area contributed by atoms with Gasteiger partial charge in [-0.1, -0.05) is 38.1 Å². The molecule has 0 radical (unpaired) electrons. The van der Waals surface area contributed by atoms with Gasteiger partial charge in [0, 0.05) is 17.1 Å². The number of benzene rings is 1. The fourth-order valence-corrected chi connectivity index (χ4v) is 3.88. The number of hydrogen-bond acceptors (Lipinski definition) is 4. The average molecular weight is 383 g/mol. The first-order chi connectivity index (χ1) is 13.0. The van der Waals surface area contributed by atoms with Crippen LogP contribution in [0.15, 0.2) is 58.5 Å². The first-order valence-corrected chi connectivity index (χ1v) is 10.1. The molecule has 4 nitrogen and oxygen atoms in total. The molecule has 1 N–H and O–H groups in total. The molecule has 3 rings (SSSR count). The molecule has 27 heavy (non-hydrogen) atoms. The Kier molecular flexibility index (Phi) is 6.48. The average Bonchev–Trinajstić information content (AvgIpc) is 3.30. The van der Waals surface area contributed by atoms with Gasteiger partial charge in [-0.25, -0.2) is 0 Å². The van der Waals surface area contributed by atoms with Gasteiger partial charge in [0.25, 0.3) is 0 Å². The van der Waals surface area contributed by atoms with Crippen molar-refractivity contribution in [2.75, 3.05) is 11.9 Å². The fraction of sp³-hybridized carbons (Fsp3) is 0.318. The summed E-state index contributed by atoms with van der Waals surface area (Å²) in [5, 5.41) is 5.20. The Morgan fingerprint density at radius 3 is 2.67 bits per heavy atom. The van der Waals surface area contributed by atoms with Gasteiger partial charge in [0.15, 0.2) is 0 Å². The highest BCUT2D eigenvalue weighted by molar-refractivity contribution is 7.09. The van der Waals surface area contributed by atoms with Crippen molar-refractivity contribution in [1.82, 2.24) is 4.90 Å². The van der Waals surface area contributed by atoms with E-state index in [1.54, 1.807) is 17.6 Å². The summed E-state index contributed by atoms with van der Waals surface area (Å²) in [6.07, 6.45) is 1.67. The number of para-hydroxylation sites is 1. The lowest BCUT2D eigenvalue weighted by Gasteiger charge is -2.22. The molecular weight excluding hydrogens is 356 g/mol. The molecular formula is C22H26N2O2S. The number of nitrogens with one attached hydrogen (secondary N) is 1. The third-order valence-electron chi connectivity index (χ3n) is 4.48. The van der Waals surface area contributed by atoms with E-state index in [-0.39, 0.29) is 5.91 Å². The molecule has 0 fully saturated rings. The minimum Gasteiger partial charge on any atom is -0.468 e. The highest BCUT2D eigenvalue weighted by Crippen LogP contribution is 2.27. The molecule has 0 bridgehead atoms. The lowest BCUT2D eigenvalue weighted by atomic mass is 9.98. The molecule has 1 aromatic carbocycles. The van der Waals surface area contributed by atoms with E-state index >= 15 is 0 Å². The Bertz CT molecular complexity index is 818. The number of aryl methyl sites for hydroxylation is 1. The van der Waals surface area contributed by atoms with Gasteiger partial charge in [0.2, 0.25) is 5.91 Å². The topological polar surface area (TPSA) is 45.5 Å². The zero-order valence-corrected chi connectivity index (χ0v) is 16.9. The van der Waals surface area contributed by atoms with E-state index in [2.05, 4.69) is 41.6 Å². The number of carbonyl (C=O) groups is 1. The van der Waals surface area contributed by atoms with Crippen LogP contribution in [0.25, 0.3) is 0 Å². The predicted molar refractivity (Wildman–Crippen MR) is 111 cm³/mol. The van der Waals surface area contributed by atoms with Gasteiger partial charge in [-0.2, -0.15) is 0 Å². The Hall–Kier alpha value is -2.37. The zero-order valence-electron chi connectivity index (χ0n) is 16.1. The molecule has 0 atom stereocenters. The van der Waals surface area contributed by atoms with Gasteiger partial charge in [0.1, 0.15) is 5.76 Å². The minimum atomic E-state index is -0.00527. The molecule has 0 spiro atoms. The second kappa shape index (κ2) is 9.02. The van der Waals surface area contributed by atoms with Crippen LogP contribution >= 0.6 is 11.3 Å². The Morgan fingerprint density at radius 1 is 1.15 bits per heavy atom. The van der Waals surface area contributed by atoms with Crippen LogP contribution in [0, 0.1) is 6.92 Å². The highest BCUT2D eigenvalue weighted by atomic mass is 32.1. The molecule has 2 aromatic heterocycles. The van der Waals surface area contributed by atoms with Crippen molar-refractivity contribution >= 4 is 22.9 Å². The first kappa shape index (κ1) is 19.4. The van der Waals surface area contributed by atoms with E-state index in [4.69, 9.17) is 4.42 Å². The molecule has 0 saturated heterocycles. The van der Waals surface area contributed by atoms with Gasteiger partial charge in [-0.3, -0.25) is 9.69 Å². The van der Waals surface area contributed by atoms with Crippen molar-refractivity contribution in [2.24, 2.45) is 0 Å². The molecule has 0 saturated carbocycles. The van der Waals surface area contributed by atoms with Crippen molar-refractivity contribution in [3.63, 3.8) is 0 Å². The number of hydrogen-bond donors (Lipinski definition) is 1. The highest BCUT2D eigenvalue weighted by Gasteiger charge is 2.17. The third kappa shape index (κ3) is 5.31. The number of carbonyl (C=O) groups excluding carboxylic acids is 1. The smallest absolute Gasteiger partial charge is 0.238 e. The maximum absolute atomic E-state index is 12.8. The summed E-state index contributed by atoms with van der Waals surface area (Å²) in [5.74, 6) is 1.21. The summed E-state index contributed by atoms with van der Waals surface area (Å²) in [6.45, 7) is 7.95. The molecule has 0 aliphatic heterocycles. The molecule has 1 amide bonds. The molecule has 0 unspecified atom stereocenters. The van der Waals surface area contributed by atoms with Crippen LogP contribution in [-0.4, -0.2) is 17.4 Å². The Morgan fingerprint density at radius 2 is 2.00 bits per heavy atom. The predicted octanol–water partition coefficient (Wildman–Crippen LogP) is 5.41. The fourth-order valence-electron chi connectivity index (χ4n) is 3.14. The Labute approximate surface area is 164 Å². The van der Waals surface area contributed by atoms with Gasteiger partial charge in [0.05, 0.1) is 19.4 Å². The van der Waals surface area contributed by atoms with Crippen LogP contribution in [-0.2, 0) is 17.9 Å². The summed E-state index contributed by atoms with van der Waals surface area (Å²) in [4.78, 5) is 16.2. The van der Waals surface area contributed by atoms with Gasteiger partial charge >= 0.3 is 0 Å². The summed E-state index contributed by atoms with van der Waals surface area (Å²) in [6, 6.07) is 14.1. The van der Waals surface area contributed by atoms with Crippen molar-refractivity contribution < 1.29 is 9.21 Å². The molecule has 5 heteroatoms. The number of thiophene rings is 1. The van der Waals surface area contributed by atoms with Crippen LogP contribution in [0.1, 0.15) is 41.5 Å². The maximum atomic E-state index is 12.8. The van der Waals surface area contributed by atoms with E-state index in [1.807, 2.05) is 37.3 Å². The monoisotopic (exact) mass is 382 g/mol. The number of nitrogens with zero attached hydrogens (tertiary/aromatic N) is 1. The van der Waals surface area contributed by atoms with Crippen molar-refractivity contribution in [1.29, 1.82) is 0 Å². The lowest BCUT2D eigenvalue weighted by Crippen LogP contribution is -2.32. The molecule has 2 heterocycles. The summed E-state index contributed by atoms with van der Waals surface area (Å²) < 4.78 is 5.48.